The Bertz CT molecular complexity index is 562. The molecule has 0 unspecified atom stereocenters. The van der Waals surface area contributed by atoms with Crippen molar-refractivity contribution in [3.8, 4) is 0 Å². The summed E-state index contributed by atoms with van der Waals surface area (Å²) in [4.78, 5) is 14.5. The predicted octanol–water partition coefficient (Wildman–Crippen LogP) is 3.15. The molecule has 1 aromatic carbocycles. The predicted molar refractivity (Wildman–Crippen MR) is 72.9 cm³/mol. The normalized spacial score (nSPS) is 10.4. The number of nitrogens with zero attached hydrogens (tertiary/aromatic N) is 1. The van der Waals surface area contributed by atoms with Crippen molar-refractivity contribution in [2.75, 3.05) is 7.05 Å². The van der Waals surface area contributed by atoms with Crippen LogP contribution in [0.25, 0.3) is 0 Å². The van der Waals surface area contributed by atoms with E-state index in [4.69, 9.17) is 4.42 Å². The fraction of sp³-hybridized carbons (Fsp3) is 0.214. The second kappa shape index (κ2) is 5.31. The summed E-state index contributed by atoms with van der Waals surface area (Å²) in [5.41, 5.74) is 0.603. The third-order valence-corrected chi connectivity index (χ3v) is 3.06. The molecule has 0 atom stereocenters. The van der Waals surface area contributed by atoms with Gasteiger partial charge in [-0.15, -0.1) is 12.6 Å². The third-order valence-electron chi connectivity index (χ3n) is 2.67. The summed E-state index contributed by atoms with van der Waals surface area (Å²) in [7, 11) is 1.75. The van der Waals surface area contributed by atoms with Gasteiger partial charge >= 0.3 is 0 Å². The number of furan rings is 1. The van der Waals surface area contributed by atoms with Gasteiger partial charge in [-0.05, 0) is 31.2 Å². The SMILES string of the molecule is Cc1ccc(CN(C)C(=O)c2ccccc2S)o1. The molecule has 1 aromatic heterocycles. The van der Waals surface area contributed by atoms with Gasteiger partial charge in [0.15, 0.2) is 0 Å². The van der Waals surface area contributed by atoms with Crippen LogP contribution in [0.15, 0.2) is 45.7 Å². The molecule has 18 heavy (non-hydrogen) atoms. The summed E-state index contributed by atoms with van der Waals surface area (Å²) >= 11 is 4.29. The molecule has 1 amide bonds. The fourth-order valence-corrected chi connectivity index (χ4v) is 1.99. The lowest BCUT2D eigenvalue weighted by molar-refractivity contribution is 0.0771. The minimum atomic E-state index is -0.0605. The largest absolute Gasteiger partial charge is 0.464 e. The maximum Gasteiger partial charge on any atom is 0.255 e. The summed E-state index contributed by atoms with van der Waals surface area (Å²) in [6, 6.07) is 11.0. The summed E-state index contributed by atoms with van der Waals surface area (Å²) < 4.78 is 5.46. The second-order valence-electron chi connectivity index (χ2n) is 4.19. The van der Waals surface area contributed by atoms with Crippen molar-refractivity contribution in [2.24, 2.45) is 0 Å². The van der Waals surface area contributed by atoms with Crippen molar-refractivity contribution in [1.29, 1.82) is 0 Å². The Morgan fingerprint density at radius 2 is 2.00 bits per heavy atom. The van der Waals surface area contributed by atoms with Crippen LogP contribution in [0.4, 0.5) is 0 Å². The first-order chi connectivity index (χ1) is 8.58. The van der Waals surface area contributed by atoms with Gasteiger partial charge in [-0.2, -0.15) is 0 Å². The van der Waals surface area contributed by atoms with Crippen molar-refractivity contribution >= 4 is 18.5 Å². The van der Waals surface area contributed by atoms with Crippen LogP contribution in [0.3, 0.4) is 0 Å². The Kier molecular flexibility index (Phi) is 3.77. The Hall–Kier alpha value is -1.68. The Morgan fingerprint density at radius 1 is 1.28 bits per heavy atom. The van der Waals surface area contributed by atoms with Crippen molar-refractivity contribution in [3.63, 3.8) is 0 Å². The zero-order valence-electron chi connectivity index (χ0n) is 10.4. The molecule has 0 spiro atoms. The van der Waals surface area contributed by atoms with E-state index in [1.165, 1.54) is 0 Å². The zero-order valence-corrected chi connectivity index (χ0v) is 11.3. The van der Waals surface area contributed by atoms with Crippen LogP contribution in [-0.4, -0.2) is 17.9 Å². The first kappa shape index (κ1) is 12.8. The van der Waals surface area contributed by atoms with Crippen molar-refractivity contribution in [3.05, 3.63) is 53.5 Å². The molecule has 0 aliphatic heterocycles. The lowest BCUT2D eigenvalue weighted by atomic mass is 10.2. The first-order valence-corrected chi connectivity index (χ1v) is 6.11. The van der Waals surface area contributed by atoms with Gasteiger partial charge < -0.3 is 9.32 Å². The quantitative estimate of drug-likeness (QED) is 0.861. The highest BCUT2D eigenvalue weighted by Gasteiger charge is 2.15. The molecule has 94 valence electrons. The fourth-order valence-electron chi connectivity index (χ4n) is 1.74. The smallest absolute Gasteiger partial charge is 0.255 e. The van der Waals surface area contributed by atoms with Crippen LogP contribution in [0.2, 0.25) is 0 Å². The number of aryl methyl sites for hydroxylation is 1. The van der Waals surface area contributed by atoms with E-state index in [-0.39, 0.29) is 5.91 Å². The average Bonchev–Trinajstić information content (AvgIpc) is 2.74. The van der Waals surface area contributed by atoms with E-state index in [0.29, 0.717) is 17.0 Å². The number of benzene rings is 1. The molecule has 0 aliphatic carbocycles. The van der Waals surface area contributed by atoms with Gasteiger partial charge in [-0.3, -0.25) is 4.79 Å². The number of amides is 1. The van der Waals surface area contributed by atoms with E-state index in [9.17, 15) is 4.79 Å². The van der Waals surface area contributed by atoms with Crippen LogP contribution >= 0.6 is 12.6 Å². The van der Waals surface area contributed by atoms with Crippen LogP contribution in [0, 0.1) is 6.92 Å². The van der Waals surface area contributed by atoms with Gasteiger partial charge in [0.1, 0.15) is 11.5 Å². The Labute approximate surface area is 112 Å². The molecule has 1 heterocycles. The van der Waals surface area contributed by atoms with Gasteiger partial charge in [-0.25, -0.2) is 0 Å². The van der Waals surface area contributed by atoms with Gasteiger partial charge in [0.05, 0.1) is 12.1 Å². The maximum absolute atomic E-state index is 12.2. The Balaban J connectivity index is 2.12. The van der Waals surface area contributed by atoms with E-state index < -0.39 is 0 Å². The van der Waals surface area contributed by atoms with Gasteiger partial charge in [0.25, 0.3) is 5.91 Å². The molecular weight excluding hydrogens is 246 g/mol. The number of carbonyl (C=O) groups is 1. The molecule has 0 N–H and O–H groups in total. The minimum Gasteiger partial charge on any atom is -0.464 e. The van der Waals surface area contributed by atoms with E-state index in [0.717, 1.165) is 11.5 Å². The number of carbonyl (C=O) groups excluding carboxylic acids is 1. The van der Waals surface area contributed by atoms with E-state index in [2.05, 4.69) is 12.6 Å². The van der Waals surface area contributed by atoms with E-state index in [1.807, 2.05) is 31.2 Å². The highest BCUT2D eigenvalue weighted by atomic mass is 32.1. The zero-order chi connectivity index (χ0) is 13.1. The average molecular weight is 261 g/mol. The van der Waals surface area contributed by atoms with Crippen LogP contribution < -0.4 is 0 Å². The summed E-state index contributed by atoms with van der Waals surface area (Å²) in [6.45, 7) is 2.34. The molecule has 0 aliphatic rings. The first-order valence-electron chi connectivity index (χ1n) is 5.66. The summed E-state index contributed by atoms with van der Waals surface area (Å²) in [5.74, 6) is 1.56. The van der Waals surface area contributed by atoms with Crippen molar-refractivity contribution < 1.29 is 9.21 Å². The Morgan fingerprint density at radius 3 is 2.61 bits per heavy atom. The summed E-state index contributed by atoms with van der Waals surface area (Å²) in [6.07, 6.45) is 0. The number of hydrogen-bond donors (Lipinski definition) is 1. The molecule has 2 aromatic rings. The highest BCUT2D eigenvalue weighted by Crippen LogP contribution is 2.16. The topological polar surface area (TPSA) is 33.5 Å². The van der Waals surface area contributed by atoms with Gasteiger partial charge in [-0.1, -0.05) is 12.1 Å². The number of hydrogen-bond acceptors (Lipinski definition) is 3. The standard InChI is InChI=1S/C14H15NO2S/c1-10-7-8-11(17-10)9-15(2)14(16)12-5-3-4-6-13(12)18/h3-8,18H,9H2,1-2H3. The van der Waals surface area contributed by atoms with Crippen LogP contribution in [0.1, 0.15) is 21.9 Å². The monoisotopic (exact) mass is 261 g/mol. The molecule has 0 fully saturated rings. The highest BCUT2D eigenvalue weighted by molar-refractivity contribution is 7.80. The third kappa shape index (κ3) is 2.76. The van der Waals surface area contributed by atoms with Crippen LogP contribution in [-0.2, 0) is 6.54 Å². The molecule has 0 bridgehead atoms. The number of thiol groups is 1. The molecule has 4 heteroatoms. The van der Waals surface area contributed by atoms with Crippen molar-refractivity contribution in [1.82, 2.24) is 4.90 Å². The summed E-state index contributed by atoms with van der Waals surface area (Å²) in [5, 5.41) is 0. The second-order valence-corrected chi connectivity index (χ2v) is 4.67. The van der Waals surface area contributed by atoms with Gasteiger partial charge in [0, 0.05) is 11.9 Å². The molecule has 0 saturated carbocycles. The molecular formula is C14H15NO2S. The van der Waals surface area contributed by atoms with Crippen LogP contribution in [0.5, 0.6) is 0 Å². The molecule has 3 nitrogen and oxygen atoms in total. The van der Waals surface area contributed by atoms with Crippen molar-refractivity contribution in [2.45, 2.75) is 18.4 Å². The lowest BCUT2D eigenvalue weighted by Gasteiger charge is -2.16. The van der Waals surface area contributed by atoms with E-state index in [1.54, 1.807) is 24.1 Å². The number of rotatable bonds is 3. The lowest BCUT2D eigenvalue weighted by Crippen LogP contribution is -2.26. The van der Waals surface area contributed by atoms with E-state index >= 15 is 0 Å². The minimum absolute atomic E-state index is 0.0605. The maximum atomic E-state index is 12.2. The molecule has 0 saturated heterocycles. The van der Waals surface area contributed by atoms with Gasteiger partial charge in [0.2, 0.25) is 0 Å². The molecule has 2 rings (SSSR count). The molecule has 0 radical (unpaired) electrons.